The Hall–Kier alpha value is -4.25. The van der Waals surface area contributed by atoms with E-state index in [9.17, 15) is 10.1 Å². The van der Waals surface area contributed by atoms with E-state index in [-0.39, 0.29) is 11.4 Å². The molecule has 3 aromatic rings. The number of nitrogens with zero attached hydrogens (tertiary/aromatic N) is 2. The zero-order chi connectivity index (χ0) is 24.5. The fourth-order valence-electron chi connectivity index (χ4n) is 3.04. The number of carbonyl (C=O) groups excluding carboxylic acids is 1. The Balaban J connectivity index is 1.65. The molecule has 0 aliphatic carbocycles. The van der Waals surface area contributed by atoms with Gasteiger partial charge in [0.25, 0.3) is 5.91 Å². The molecule has 0 spiro atoms. The number of nitrogens with one attached hydrogen (secondary N) is 1. The Morgan fingerprint density at radius 2 is 1.82 bits per heavy atom. The van der Waals surface area contributed by atoms with E-state index in [1.54, 1.807) is 31.2 Å². The van der Waals surface area contributed by atoms with Crippen molar-refractivity contribution in [2.24, 2.45) is 0 Å². The molecule has 0 aliphatic rings. The molecule has 3 rings (SSSR count). The third-order valence-corrected chi connectivity index (χ3v) is 4.90. The van der Waals surface area contributed by atoms with Crippen molar-refractivity contribution in [3.8, 4) is 23.3 Å². The molecule has 0 unspecified atom stereocenters. The van der Waals surface area contributed by atoms with Crippen molar-refractivity contribution in [2.75, 3.05) is 25.1 Å². The summed E-state index contributed by atoms with van der Waals surface area (Å²) >= 11 is 0. The second-order valence-electron chi connectivity index (χ2n) is 7.53. The Morgan fingerprint density at radius 1 is 1.03 bits per heavy atom. The molecule has 1 aromatic heterocycles. The number of anilines is 1. The maximum Gasteiger partial charge on any atom is 0.267 e. The van der Waals surface area contributed by atoms with Gasteiger partial charge in [-0.2, -0.15) is 5.26 Å². The summed E-state index contributed by atoms with van der Waals surface area (Å²) in [6.07, 6.45) is 1.47. The van der Waals surface area contributed by atoms with Crippen molar-refractivity contribution in [2.45, 2.75) is 27.7 Å². The first-order valence-corrected chi connectivity index (χ1v) is 10.9. The number of ether oxygens (including phenoxy) is 3. The van der Waals surface area contributed by atoms with Crippen LogP contribution >= 0.6 is 0 Å². The SMILES string of the molecule is CCOc1cc(C=C(C#N)C(=O)Nc2cc(C)on2)ccc1OCCOc1ccc(C)c(C)c1. The first kappa shape index (κ1) is 24.4. The lowest BCUT2D eigenvalue weighted by Crippen LogP contribution is -2.13. The number of aromatic nitrogens is 1. The highest BCUT2D eigenvalue weighted by Crippen LogP contribution is 2.29. The molecule has 8 nitrogen and oxygen atoms in total. The largest absolute Gasteiger partial charge is 0.490 e. The zero-order valence-corrected chi connectivity index (χ0v) is 19.7. The summed E-state index contributed by atoms with van der Waals surface area (Å²) in [5, 5.41) is 15.7. The van der Waals surface area contributed by atoms with Crippen LogP contribution in [0.3, 0.4) is 0 Å². The molecule has 0 saturated carbocycles. The molecule has 0 aliphatic heterocycles. The zero-order valence-electron chi connectivity index (χ0n) is 19.7. The van der Waals surface area contributed by atoms with Crippen molar-refractivity contribution < 1.29 is 23.5 Å². The summed E-state index contributed by atoms with van der Waals surface area (Å²) in [4.78, 5) is 12.4. The molecule has 0 bridgehead atoms. The minimum absolute atomic E-state index is 0.0847. The molecule has 1 heterocycles. The number of benzene rings is 2. The molecular weight excluding hydrogens is 434 g/mol. The Bertz CT molecular complexity index is 1220. The van der Waals surface area contributed by atoms with Gasteiger partial charge in [0.15, 0.2) is 17.3 Å². The lowest BCUT2D eigenvalue weighted by molar-refractivity contribution is -0.112. The van der Waals surface area contributed by atoms with Gasteiger partial charge in [0.05, 0.1) is 6.61 Å². The number of rotatable bonds is 10. The number of nitriles is 1. The molecule has 34 heavy (non-hydrogen) atoms. The van der Waals surface area contributed by atoms with Crippen LogP contribution in [0.15, 0.2) is 52.6 Å². The van der Waals surface area contributed by atoms with Gasteiger partial charge >= 0.3 is 0 Å². The smallest absolute Gasteiger partial charge is 0.267 e. The van der Waals surface area contributed by atoms with Crippen LogP contribution < -0.4 is 19.5 Å². The van der Waals surface area contributed by atoms with Gasteiger partial charge in [-0.25, -0.2) is 0 Å². The standard InChI is InChI=1S/C26H27N3O5/c1-5-31-24-15-20(14-21(16-27)26(30)28-25-13-19(4)34-29-25)7-9-23(24)33-11-10-32-22-8-6-17(2)18(3)12-22/h6-9,12-15H,5,10-11H2,1-4H3,(H,28,29,30). The predicted octanol–water partition coefficient (Wildman–Crippen LogP) is 5.00. The van der Waals surface area contributed by atoms with E-state index < -0.39 is 5.91 Å². The minimum atomic E-state index is -0.586. The molecular formula is C26H27N3O5. The van der Waals surface area contributed by atoms with Crippen LogP contribution in [0.25, 0.3) is 6.08 Å². The maximum absolute atomic E-state index is 12.4. The number of amides is 1. The molecule has 0 atom stereocenters. The topological polar surface area (TPSA) is 107 Å². The summed E-state index contributed by atoms with van der Waals surface area (Å²) in [5.41, 5.74) is 2.91. The summed E-state index contributed by atoms with van der Waals surface area (Å²) in [5.74, 6) is 2.05. The van der Waals surface area contributed by atoms with Crippen LogP contribution in [0.5, 0.6) is 17.2 Å². The van der Waals surface area contributed by atoms with Crippen LogP contribution in [0, 0.1) is 32.1 Å². The lowest BCUT2D eigenvalue weighted by Gasteiger charge is -2.13. The first-order chi connectivity index (χ1) is 16.4. The number of aryl methyl sites for hydroxylation is 3. The van der Waals surface area contributed by atoms with Gasteiger partial charge in [0.2, 0.25) is 0 Å². The fourth-order valence-corrected chi connectivity index (χ4v) is 3.04. The lowest BCUT2D eigenvalue weighted by atomic mass is 10.1. The van der Waals surface area contributed by atoms with E-state index >= 15 is 0 Å². The van der Waals surface area contributed by atoms with E-state index in [1.807, 2.05) is 38.1 Å². The molecule has 2 aromatic carbocycles. The third kappa shape index (κ3) is 6.62. The first-order valence-electron chi connectivity index (χ1n) is 10.9. The van der Waals surface area contributed by atoms with E-state index in [4.69, 9.17) is 18.7 Å². The van der Waals surface area contributed by atoms with E-state index in [0.717, 1.165) is 5.75 Å². The van der Waals surface area contributed by atoms with Crippen molar-refractivity contribution >= 4 is 17.8 Å². The second kappa shape index (κ2) is 11.6. The average Bonchev–Trinajstić information content (AvgIpc) is 3.22. The Kier molecular flexibility index (Phi) is 8.30. The van der Waals surface area contributed by atoms with Crippen LogP contribution in [0.2, 0.25) is 0 Å². The molecule has 8 heteroatoms. The van der Waals surface area contributed by atoms with Gasteiger partial charge in [0, 0.05) is 6.07 Å². The van der Waals surface area contributed by atoms with Crippen molar-refractivity contribution in [3.05, 3.63) is 70.5 Å². The van der Waals surface area contributed by atoms with Crippen LogP contribution in [-0.2, 0) is 4.79 Å². The molecule has 1 amide bonds. The summed E-state index contributed by atoms with van der Waals surface area (Å²) in [6, 6.07) is 14.6. The normalized spacial score (nSPS) is 11.0. The Morgan fingerprint density at radius 3 is 2.50 bits per heavy atom. The number of hydrogen-bond acceptors (Lipinski definition) is 7. The van der Waals surface area contributed by atoms with E-state index in [0.29, 0.717) is 42.6 Å². The predicted molar refractivity (Wildman–Crippen MR) is 128 cm³/mol. The quantitative estimate of drug-likeness (QED) is 0.257. The molecule has 0 saturated heterocycles. The van der Waals surface area contributed by atoms with E-state index in [2.05, 4.69) is 17.4 Å². The second-order valence-corrected chi connectivity index (χ2v) is 7.53. The number of carbonyl (C=O) groups is 1. The average molecular weight is 462 g/mol. The highest BCUT2D eigenvalue weighted by Gasteiger charge is 2.13. The van der Waals surface area contributed by atoms with Crippen molar-refractivity contribution in [1.82, 2.24) is 5.16 Å². The molecule has 176 valence electrons. The van der Waals surface area contributed by atoms with Crippen molar-refractivity contribution in [3.63, 3.8) is 0 Å². The maximum atomic E-state index is 12.4. The molecule has 0 fully saturated rings. The van der Waals surface area contributed by atoms with Crippen LogP contribution in [0.1, 0.15) is 29.4 Å². The van der Waals surface area contributed by atoms with E-state index in [1.165, 1.54) is 17.2 Å². The van der Waals surface area contributed by atoms with Gasteiger partial charge in [-0.15, -0.1) is 0 Å². The number of hydrogen-bond donors (Lipinski definition) is 1. The van der Waals surface area contributed by atoms with Gasteiger partial charge in [0.1, 0.15) is 36.4 Å². The highest BCUT2D eigenvalue weighted by atomic mass is 16.5. The van der Waals surface area contributed by atoms with Gasteiger partial charge < -0.3 is 24.1 Å². The van der Waals surface area contributed by atoms with Crippen LogP contribution in [0.4, 0.5) is 5.82 Å². The minimum Gasteiger partial charge on any atom is -0.490 e. The van der Waals surface area contributed by atoms with Crippen LogP contribution in [-0.4, -0.2) is 30.9 Å². The van der Waals surface area contributed by atoms with Gasteiger partial charge in [-0.1, -0.05) is 17.3 Å². The molecule has 1 N–H and O–H groups in total. The summed E-state index contributed by atoms with van der Waals surface area (Å²) in [6.45, 7) is 8.79. The highest BCUT2D eigenvalue weighted by molar-refractivity contribution is 6.09. The van der Waals surface area contributed by atoms with Gasteiger partial charge in [-0.05, 0) is 74.7 Å². The Labute approximate surface area is 198 Å². The van der Waals surface area contributed by atoms with Crippen molar-refractivity contribution in [1.29, 1.82) is 5.26 Å². The third-order valence-electron chi connectivity index (χ3n) is 4.90. The fraction of sp³-hybridized carbons (Fsp3) is 0.269. The monoisotopic (exact) mass is 461 g/mol. The summed E-state index contributed by atoms with van der Waals surface area (Å²) < 4.78 is 22.2. The molecule has 0 radical (unpaired) electrons. The van der Waals surface area contributed by atoms with Gasteiger partial charge in [-0.3, -0.25) is 4.79 Å². The summed E-state index contributed by atoms with van der Waals surface area (Å²) in [7, 11) is 0.